The van der Waals surface area contributed by atoms with Crippen LogP contribution >= 0.6 is 0 Å². The topological polar surface area (TPSA) is 45.2 Å². The van der Waals surface area contributed by atoms with E-state index in [4.69, 9.17) is 0 Å². The molecule has 2 atom stereocenters. The SMILES string of the molecule is CCN1C(=O)C[C@@H](CNCc2ccc(F)c(C)c2)[C@@H]1c1cccnc1. The summed E-state index contributed by atoms with van der Waals surface area (Å²) in [6, 6.07) is 9.18. The molecule has 1 fully saturated rings. The lowest BCUT2D eigenvalue weighted by Gasteiger charge is -2.27. The highest BCUT2D eigenvalue weighted by atomic mass is 19.1. The van der Waals surface area contributed by atoms with E-state index >= 15 is 0 Å². The summed E-state index contributed by atoms with van der Waals surface area (Å²) in [7, 11) is 0. The van der Waals surface area contributed by atoms with E-state index in [9.17, 15) is 9.18 Å². The van der Waals surface area contributed by atoms with Crippen molar-refractivity contribution in [1.29, 1.82) is 0 Å². The standard InChI is InChI=1S/C20H24FN3O/c1-3-24-19(25)10-17(20(24)16-5-4-8-22-12-16)13-23-11-15-6-7-18(21)14(2)9-15/h4-9,12,17,20,23H,3,10-11,13H2,1-2H3/t17-,20-/m0/s1. The Morgan fingerprint density at radius 3 is 2.88 bits per heavy atom. The van der Waals surface area contributed by atoms with Crippen molar-refractivity contribution in [3.05, 3.63) is 65.2 Å². The number of nitrogens with one attached hydrogen (secondary N) is 1. The molecule has 2 aromatic rings. The van der Waals surface area contributed by atoms with Crippen LogP contribution in [0, 0.1) is 18.7 Å². The number of hydrogen-bond acceptors (Lipinski definition) is 3. The van der Waals surface area contributed by atoms with Crippen molar-refractivity contribution in [2.45, 2.75) is 32.9 Å². The van der Waals surface area contributed by atoms with E-state index in [0.717, 1.165) is 17.7 Å². The number of likely N-dealkylation sites (tertiary alicyclic amines) is 1. The molecule has 4 nitrogen and oxygen atoms in total. The van der Waals surface area contributed by atoms with Gasteiger partial charge in [0.25, 0.3) is 0 Å². The highest BCUT2D eigenvalue weighted by Crippen LogP contribution is 2.37. The molecule has 1 saturated heterocycles. The third kappa shape index (κ3) is 3.87. The molecule has 1 aromatic carbocycles. The van der Waals surface area contributed by atoms with E-state index < -0.39 is 0 Å². The first-order valence-corrected chi connectivity index (χ1v) is 8.75. The number of benzene rings is 1. The van der Waals surface area contributed by atoms with Crippen LogP contribution in [0.4, 0.5) is 4.39 Å². The molecule has 1 aliphatic rings. The monoisotopic (exact) mass is 341 g/mol. The number of halogens is 1. The minimum atomic E-state index is -0.180. The van der Waals surface area contributed by atoms with Crippen LogP contribution in [0.2, 0.25) is 0 Å². The summed E-state index contributed by atoms with van der Waals surface area (Å²) in [5.74, 6) is 0.222. The summed E-state index contributed by atoms with van der Waals surface area (Å²) >= 11 is 0. The van der Waals surface area contributed by atoms with Crippen LogP contribution in [0.3, 0.4) is 0 Å². The first-order chi connectivity index (χ1) is 12.1. The molecular formula is C20H24FN3O. The summed E-state index contributed by atoms with van der Waals surface area (Å²) in [6.07, 6.45) is 4.14. The lowest BCUT2D eigenvalue weighted by molar-refractivity contribution is -0.128. The molecule has 0 saturated carbocycles. The van der Waals surface area contributed by atoms with Crippen molar-refractivity contribution in [3.8, 4) is 0 Å². The molecule has 0 aliphatic carbocycles. The van der Waals surface area contributed by atoms with E-state index in [1.807, 2.05) is 36.2 Å². The average molecular weight is 341 g/mol. The summed E-state index contributed by atoms with van der Waals surface area (Å²) in [5, 5.41) is 3.43. The van der Waals surface area contributed by atoms with Gasteiger partial charge in [0.1, 0.15) is 5.82 Å². The first-order valence-electron chi connectivity index (χ1n) is 8.75. The molecule has 2 heterocycles. The van der Waals surface area contributed by atoms with Crippen molar-refractivity contribution in [2.75, 3.05) is 13.1 Å². The highest BCUT2D eigenvalue weighted by molar-refractivity contribution is 5.79. The first kappa shape index (κ1) is 17.5. The van der Waals surface area contributed by atoms with Crippen LogP contribution in [0.25, 0.3) is 0 Å². The maximum absolute atomic E-state index is 13.4. The van der Waals surface area contributed by atoms with E-state index in [-0.39, 0.29) is 23.7 Å². The molecule has 0 radical (unpaired) electrons. The summed E-state index contributed by atoms with van der Waals surface area (Å²) in [6.45, 7) is 5.88. The average Bonchev–Trinajstić information content (AvgIpc) is 2.94. The Labute approximate surface area is 148 Å². The highest BCUT2D eigenvalue weighted by Gasteiger charge is 2.39. The Kier molecular flexibility index (Phi) is 5.43. The van der Waals surface area contributed by atoms with Gasteiger partial charge in [-0.3, -0.25) is 9.78 Å². The van der Waals surface area contributed by atoms with Gasteiger partial charge in [-0.1, -0.05) is 18.2 Å². The minimum Gasteiger partial charge on any atom is -0.336 e. The third-order valence-electron chi connectivity index (χ3n) is 4.86. The molecule has 0 unspecified atom stereocenters. The van der Waals surface area contributed by atoms with Crippen molar-refractivity contribution < 1.29 is 9.18 Å². The second-order valence-corrected chi connectivity index (χ2v) is 6.59. The van der Waals surface area contributed by atoms with Crippen molar-refractivity contribution >= 4 is 5.91 Å². The number of rotatable bonds is 6. The van der Waals surface area contributed by atoms with Crippen molar-refractivity contribution in [2.24, 2.45) is 5.92 Å². The van der Waals surface area contributed by atoms with Gasteiger partial charge in [0.05, 0.1) is 6.04 Å². The Balaban J connectivity index is 1.67. The van der Waals surface area contributed by atoms with Crippen LogP contribution < -0.4 is 5.32 Å². The number of pyridine rings is 1. The van der Waals surface area contributed by atoms with Gasteiger partial charge in [0, 0.05) is 44.4 Å². The molecule has 1 aliphatic heterocycles. The Hall–Kier alpha value is -2.27. The number of hydrogen-bond donors (Lipinski definition) is 1. The van der Waals surface area contributed by atoms with Crippen molar-refractivity contribution in [1.82, 2.24) is 15.2 Å². The largest absolute Gasteiger partial charge is 0.336 e. The fraction of sp³-hybridized carbons (Fsp3) is 0.400. The van der Waals surface area contributed by atoms with E-state index in [1.165, 1.54) is 6.07 Å². The Morgan fingerprint density at radius 2 is 2.20 bits per heavy atom. The van der Waals surface area contributed by atoms with Crippen LogP contribution in [0.15, 0.2) is 42.7 Å². The van der Waals surface area contributed by atoms with Crippen LogP contribution in [0.5, 0.6) is 0 Å². The predicted octanol–water partition coefficient (Wildman–Crippen LogP) is 3.23. The van der Waals surface area contributed by atoms with Gasteiger partial charge < -0.3 is 10.2 Å². The molecule has 1 aromatic heterocycles. The zero-order chi connectivity index (χ0) is 17.8. The fourth-order valence-corrected chi connectivity index (χ4v) is 3.64. The molecule has 0 spiro atoms. The Bertz CT molecular complexity index is 735. The number of aromatic nitrogens is 1. The van der Waals surface area contributed by atoms with E-state index in [2.05, 4.69) is 10.3 Å². The second kappa shape index (κ2) is 7.74. The number of nitrogens with zero attached hydrogens (tertiary/aromatic N) is 2. The van der Waals surface area contributed by atoms with Crippen molar-refractivity contribution in [3.63, 3.8) is 0 Å². The second-order valence-electron chi connectivity index (χ2n) is 6.59. The molecule has 3 rings (SSSR count). The number of amides is 1. The van der Waals surface area contributed by atoms with Crippen LogP contribution in [-0.2, 0) is 11.3 Å². The predicted molar refractivity (Wildman–Crippen MR) is 95.3 cm³/mol. The normalized spacial score (nSPS) is 20.3. The van der Waals surface area contributed by atoms with Crippen LogP contribution in [0.1, 0.15) is 36.1 Å². The van der Waals surface area contributed by atoms with Gasteiger partial charge in [-0.25, -0.2) is 4.39 Å². The fourth-order valence-electron chi connectivity index (χ4n) is 3.64. The van der Waals surface area contributed by atoms with Gasteiger partial charge in [0.2, 0.25) is 5.91 Å². The lowest BCUT2D eigenvalue weighted by atomic mass is 9.94. The molecule has 25 heavy (non-hydrogen) atoms. The van der Waals surface area contributed by atoms with Gasteiger partial charge >= 0.3 is 0 Å². The quantitative estimate of drug-likeness (QED) is 0.877. The molecule has 1 N–H and O–H groups in total. The summed E-state index contributed by atoms with van der Waals surface area (Å²) in [5.41, 5.74) is 2.79. The zero-order valence-corrected chi connectivity index (χ0v) is 14.7. The lowest BCUT2D eigenvalue weighted by Crippen LogP contribution is -2.31. The van der Waals surface area contributed by atoms with Crippen LogP contribution in [-0.4, -0.2) is 28.9 Å². The Morgan fingerprint density at radius 1 is 1.36 bits per heavy atom. The van der Waals surface area contributed by atoms with E-state index in [1.54, 1.807) is 19.2 Å². The van der Waals surface area contributed by atoms with Gasteiger partial charge in [-0.15, -0.1) is 0 Å². The number of carbonyl (C=O) groups is 1. The molecular weight excluding hydrogens is 317 g/mol. The summed E-state index contributed by atoms with van der Waals surface area (Å²) < 4.78 is 13.4. The third-order valence-corrected chi connectivity index (χ3v) is 4.86. The zero-order valence-electron chi connectivity index (χ0n) is 14.7. The molecule has 132 valence electrons. The molecule has 0 bridgehead atoms. The van der Waals surface area contributed by atoms with Gasteiger partial charge in [0.15, 0.2) is 0 Å². The minimum absolute atomic E-state index is 0.0636. The maximum Gasteiger partial charge on any atom is 0.223 e. The number of carbonyl (C=O) groups excluding carboxylic acids is 1. The smallest absolute Gasteiger partial charge is 0.223 e. The van der Waals surface area contributed by atoms with Gasteiger partial charge in [-0.2, -0.15) is 0 Å². The van der Waals surface area contributed by atoms with E-state index in [0.29, 0.717) is 25.1 Å². The molecule has 1 amide bonds. The molecule has 5 heteroatoms. The number of aryl methyl sites for hydroxylation is 1. The maximum atomic E-state index is 13.4. The summed E-state index contributed by atoms with van der Waals surface area (Å²) in [4.78, 5) is 18.5. The van der Waals surface area contributed by atoms with Gasteiger partial charge in [-0.05, 0) is 42.7 Å².